The number of anilines is 1. The van der Waals surface area contributed by atoms with E-state index >= 15 is 0 Å². The number of benzene rings is 2. The molecule has 44 heavy (non-hydrogen) atoms. The normalized spacial score (nSPS) is 14.0. The SMILES string of the molecule is COCCOCCOCC(=O)OCn1c(=O)ccc2ccc(OCCCCN3CCN(c4cccc5sccc45)CC3)cc21. The first kappa shape index (κ1) is 31.9. The largest absolute Gasteiger partial charge is 0.494 e. The maximum atomic E-state index is 12.6. The molecule has 1 fully saturated rings. The number of nitrogens with zero attached hydrogens (tertiary/aromatic N) is 3. The van der Waals surface area contributed by atoms with E-state index in [1.165, 1.54) is 26.4 Å². The van der Waals surface area contributed by atoms with Crippen LogP contribution in [0.1, 0.15) is 12.8 Å². The summed E-state index contributed by atoms with van der Waals surface area (Å²) in [6, 6.07) is 17.7. The third kappa shape index (κ3) is 8.80. The Bertz CT molecular complexity index is 1550. The van der Waals surface area contributed by atoms with Crippen LogP contribution in [0.25, 0.3) is 21.0 Å². The van der Waals surface area contributed by atoms with E-state index in [9.17, 15) is 9.59 Å². The summed E-state index contributed by atoms with van der Waals surface area (Å²) in [5.41, 5.74) is 1.73. The highest BCUT2D eigenvalue weighted by atomic mass is 32.1. The first-order valence-electron chi connectivity index (χ1n) is 15.1. The van der Waals surface area contributed by atoms with Crippen LogP contribution in [-0.2, 0) is 30.5 Å². The second-order valence-electron chi connectivity index (χ2n) is 10.6. The Balaban J connectivity index is 1.03. The Morgan fingerprint density at radius 2 is 1.70 bits per heavy atom. The highest BCUT2D eigenvalue weighted by Gasteiger charge is 2.18. The highest BCUT2D eigenvalue weighted by molar-refractivity contribution is 7.17. The smallest absolute Gasteiger partial charge is 0.333 e. The van der Waals surface area contributed by atoms with Crippen molar-refractivity contribution in [1.29, 1.82) is 0 Å². The van der Waals surface area contributed by atoms with Gasteiger partial charge in [-0.05, 0) is 66.6 Å². The van der Waals surface area contributed by atoms with Crippen LogP contribution in [0, 0.1) is 0 Å². The molecule has 0 saturated carbocycles. The number of esters is 1. The molecule has 10 nitrogen and oxygen atoms in total. The number of aromatic nitrogens is 1. The number of rotatable bonds is 17. The van der Waals surface area contributed by atoms with Gasteiger partial charge in [0.1, 0.15) is 12.4 Å². The van der Waals surface area contributed by atoms with E-state index in [1.807, 2.05) is 18.2 Å². The molecule has 2 aromatic carbocycles. The fraction of sp³-hybridized carbons (Fsp3) is 0.455. The number of thiophene rings is 1. The molecule has 0 spiro atoms. The van der Waals surface area contributed by atoms with Gasteiger partial charge in [-0.15, -0.1) is 11.3 Å². The number of carbonyl (C=O) groups excluding carboxylic acids is 1. The van der Waals surface area contributed by atoms with Crippen molar-refractivity contribution in [2.45, 2.75) is 19.6 Å². The van der Waals surface area contributed by atoms with Crippen molar-refractivity contribution in [3.05, 3.63) is 70.3 Å². The zero-order valence-electron chi connectivity index (χ0n) is 25.3. The summed E-state index contributed by atoms with van der Waals surface area (Å²) < 4.78 is 29.6. The number of pyridine rings is 1. The van der Waals surface area contributed by atoms with Crippen molar-refractivity contribution in [3.63, 3.8) is 0 Å². The molecule has 3 heterocycles. The first-order valence-corrected chi connectivity index (χ1v) is 16.0. The molecular formula is C33H41N3O7S. The lowest BCUT2D eigenvalue weighted by atomic mass is 10.2. The van der Waals surface area contributed by atoms with Gasteiger partial charge in [-0.3, -0.25) is 14.3 Å². The third-order valence-electron chi connectivity index (χ3n) is 7.67. The summed E-state index contributed by atoms with van der Waals surface area (Å²) in [5, 5.41) is 4.38. The molecule has 5 rings (SSSR count). The van der Waals surface area contributed by atoms with E-state index in [0.29, 0.717) is 37.7 Å². The molecule has 0 aliphatic carbocycles. The van der Waals surface area contributed by atoms with Crippen molar-refractivity contribution < 1.29 is 28.5 Å². The highest BCUT2D eigenvalue weighted by Crippen LogP contribution is 2.31. The van der Waals surface area contributed by atoms with Gasteiger partial charge in [-0.25, -0.2) is 4.79 Å². The number of methoxy groups -OCH3 is 1. The van der Waals surface area contributed by atoms with Gasteiger partial charge < -0.3 is 28.6 Å². The Morgan fingerprint density at radius 3 is 2.57 bits per heavy atom. The Kier molecular flexibility index (Phi) is 12.0. The number of ether oxygens (including phenoxy) is 5. The van der Waals surface area contributed by atoms with Crippen LogP contribution >= 0.6 is 11.3 Å². The van der Waals surface area contributed by atoms with Gasteiger partial charge in [0, 0.05) is 61.2 Å². The Labute approximate surface area is 261 Å². The summed E-state index contributed by atoms with van der Waals surface area (Å²) in [6.45, 7) is 6.99. The molecule has 4 aromatic rings. The molecule has 11 heteroatoms. The minimum atomic E-state index is -0.556. The summed E-state index contributed by atoms with van der Waals surface area (Å²) in [7, 11) is 1.60. The lowest BCUT2D eigenvalue weighted by Gasteiger charge is -2.36. The standard InChI is InChI=1S/C33H41N3O7S/c1-39-18-19-40-20-21-41-24-33(38)43-25-36-30-23-27(9-7-26(30)8-10-32(36)37)42-17-3-2-12-34-13-15-35(16-14-34)29-5-4-6-31-28(29)11-22-44-31/h4-11,22-23H,2-3,12-21,24-25H2,1H3. The van der Waals surface area contributed by atoms with Gasteiger partial charge >= 0.3 is 5.97 Å². The average Bonchev–Trinajstić information content (AvgIpc) is 3.53. The zero-order valence-corrected chi connectivity index (χ0v) is 26.1. The number of piperazine rings is 1. The van der Waals surface area contributed by atoms with Crippen LogP contribution in [0.2, 0.25) is 0 Å². The molecule has 1 saturated heterocycles. The molecule has 0 radical (unpaired) electrons. The van der Waals surface area contributed by atoms with Crippen molar-refractivity contribution in [2.75, 3.05) is 84.4 Å². The number of unbranched alkanes of at least 4 members (excludes halogenated alkanes) is 1. The lowest BCUT2D eigenvalue weighted by molar-refractivity contribution is -0.153. The topological polar surface area (TPSA) is 91.7 Å². The van der Waals surface area contributed by atoms with Gasteiger partial charge in [0.15, 0.2) is 6.73 Å². The van der Waals surface area contributed by atoms with Crippen LogP contribution in [0.4, 0.5) is 5.69 Å². The molecule has 1 aliphatic rings. The van der Waals surface area contributed by atoms with Crippen molar-refractivity contribution in [3.8, 4) is 5.75 Å². The maximum absolute atomic E-state index is 12.6. The molecule has 2 aromatic heterocycles. The fourth-order valence-electron chi connectivity index (χ4n) is 5.28. The number of carbonyl (C=O) groups is 1. The molecule has 0 N–H and O–H groups in total. The van der Waals surface area contributed by atoms with Crippen molar-refractivity contribution in [1.82, 2.24) is 9.47 Å². The number of fused-ring (bicyclic) bond motifs is 2. The second-order valence-corrected chi connectivity index (χ2v) is 11.6. The van der Waals surface area contributed by atoms with Gasteiger partial charge in [-0.1, -0.05) is 6.07 Å². The van der Waals surface area contributed by atoms with E-state index in [4.69, 9.17) is 23.7 Å². The van der Waals surface area contributed by atoms with Crippen LogP contribution < -0.4 is 15.2 Å². The molecule has 0 unspecified atom stereocenters. The minimum Gasteiger partial charge on any atom is -0.494 e. The van der Waals surface area contributed by atoms with Crippen LogP contribution in [0.15, 0.2) is 64.8 Å². The zero-order chi connectivity index (χ0) is 30.6. The summed E-state index contributed by atoms with van der Waals surface area (Å²) in [4.78, 5) is 29.8. The predicted octanol–water partition coefficient (Wildman–Crippen LogP) is 4.38. The van der Waals surface area contributed by atoms with E-state index in [-0.39, 0.29) is 25.5 Å². The van der Waals surface area contributed by atoms with Gasteiger partial charge in [-0.2, -0.15) is 0 Å². The fourth-order valence-corrected chi connectivity index (χ4v) is 6.09. The number of hydrogen-bond acceptors (Lipinski definition) is 10. The summed E-state index contributed by atoms with van der Waals surface area (Å²) in [5.74, 6) is 0.121. The summed E-state index contributed by atoms with van der Waals surface area (Å²) >= 11 is 1.80. The minimum absolute atomic E-state index is 0.207. The predicted molar refractivity (Wildman–Crippen MR) is 173 cm³/mol. The molecule has 1 aliphatic heterocycles. The maximum Gasteiger partial charge on any atom is 0.333 e. The van der Waals surface area contributed by atoms with E-state index in [0.717, 1.165) is 51.0 Å². The van der Waals surface area contributed by atoms with Crippen LogP contribution in [0.3, 0.4) is 0 Å². The van der Waals surface area contributed by atoms with Crippen molar-refractivity contribution >= 4 is 44.0 Å². The quantitative estimate of drug-likeness (QED) is 0.126. The Morgan fingerprint density at radius 1 is 0.886 bits per heavy atom. The van der Waals surface area contributed by atoms with E-state index < -0.39 is 5.97 Å². The van der Waals surface area contributed by atoms with E-state index in [2.05, 4.69) is 39.4 Å². The van der Waals surface area contributed by atoms with Gasteiger partial charge in [0.25, 0.3) is 5.56 Å². The van der Waals surface area contributed by atoms with Gasteiger partial charge in [0.2, 0.25) is 0 Å². The van der Waals surface area contributed by atoms with Crippen molar-refractivity contribution in [2.24, 2.45) is 0 Å². The first-order chi connectivity index (χ1) is 21.6. The molecular weight excluding hydrogens is 582 g/mol. The monoisotopic (exact) mass is 623 g/mol. The van der Waals surface area contributed by atoms with Crippen LogP contribution in [-0.4, -0.2) is 94.9 Å². The number of hydrogen-bond donors (Lipinski definition) is 0. The average molecular weight is 624 g/mol. The van der Waals surface area contributed by atoms with Crippen LogP contribution in [0.5, 0.6) is 5.75 Å². The second kappa shape index (κ2) is 16.6. The van der Waals surface area contributed by atoms with Gasteiger partial charge in [0.05, 0.1) is 38.6 Å². The molecule has 0 amide bonds. The molecule has 0 bridgehead atoms. The Hall–Kier alpha value is -3.48. The summed E-state index contributed by atoms with van der Waals surface area (Å²) in [6.07, 6.45) is 1.98. The lowest BCUT2D eigenvalue weighted by Crippen LogP contribution is -2.46. The molecule has 236 valence electrons. The molecule has 0 atom stereocenters. The third-order valence-corrected chi connectivity index (χ3v) is 8.55. The van der Waals surface area contributed by atoms with E-state index in [1.54, 1.807) is 24.5 Å².